The van der Waals surface area contributed by atoms with Gasteiger partial charge < -0.3 is 19.7 Å². The van der Waals surface area contributed by atoms with Crippen molar-refractivity contribution in [1.82, 2.24) is 10.2 Å². The fourth-order valence-electron chi connectivity index (χ4n) is 3.23. The SMILES string of the molecule is C[C@@H]1CCCC[C@H]1OCCNC(=O)N(C)C[C@@H]1CCOC1. The molecule has 1 N–H and O–H groups in total. The molecule has 0 unspecified atom stereocenters. The molecular formula is C16H30N2O3. The minimum absolute atomic E-state index is 0.0119. The quantitative estimate of drug-likeness (QED) is 0.765. The van der Waals surface area contributed by atoms with E-state index in [1.807, 2.05) is 7.05 Å². The van der Waals surface area contributed by atoms with E-state index in [9.17, 15) is 4.79 Å². The highest BCUT2D eigenvalue weighted by molar-refractivity contribution is 5.73. The zero-order valence-electron chi connectivity index (χ0n) is 13.5. The highest BCUT2D eigenvalue weighted by Crippen LogP contribution is 2.25. The van der Waals surface area contributed by atoms with E-state index in [1.165, 1.54) is 19.3 Å². The first-order valence-electron chi connectivity index (χ1n) is 8.35. The van der Waals surface area contributed by atoms with Crippen LogP contribution in [0.15, 0.2) is 0 Å². The Morgan fingerprint density at radius 1 is 1.33 bits per heavy atom. The monoisotopic (exact) mass is 298 g/mol. The maximum Gasteiger partial charge on any atom is 0.317 e. The van der Waals surface area contributed by atoms with Gasteiger partial charge in [-0.05, 0) is 25.2 Å². The van der Waals surface area contributed by atoms with Crippen molar-refractivity contribution >= 4 is 6.03 Å². The van der Waals surface area contributed by atoms with Gasteiger partial charge in [0.05, 0.1) is 19.3 Å². The van der Waals surface area contributed by atoms with E-state index in [-0.39, 0.29) is 6.03 Å². The summed E-state index contributed by atoms with van der Waals surface area (Å²) in [5.41, 5.74) is 0. The Balaban J connectivity index is 1.55. The maximum absolute atomic E-state index is 12.0. The molecule has 0 aromatic carbocycles. The molecule has 0 bridgehead atoms. The number of carbonyl (C=O) groups excluding carboxylic acids is 1. The highest BCUT2D eigenvalue weighted by Gasteiger charge is 2.22. The predicted octanol–water partition coefficient (Wildman–Crippen LogP) is 2.26. The number of urea groups is 1. The van der Waals surface area contributed by atoms with Crippen molar-refractivity contribution in [2.75, 3.05) is 40.0 Å². The molecule has 2 amide bonds. The van der Waals surface area contributed by atoms with Crippen LogP contribution in [0.2, 0.25) is 0 Å². The van der Waals surface area contributed by atoms with Crippen LogP contribution >= 0.6 is 0 Å². The van der Waals surface area contributed by atoms with Gasteiger partial charge in [0.25, 0.3) is 0 Å². The van der Waals surface area contributed by atoms with E-state index in [0.29, 0.717) is 31.1 Å². The van der Waals surface area contributed by atoms with Gasteiger partial charge in [0.1, 0.15) is 0 Å². The predicted molar refractivity (Wildman–Crippen MR) is 82.3 cm³/mol. The summed E-state index contributed by atoms with van der Waals surface area (Å²) < 4.78 is 11.2. The van der Waals surface area contributed by atoms with Gasteiger partial charge >= 0.3 is 6.03 Å². The second-order valence-corrected chi connectivity index (χ2v) is 6.51. The van der Waals surface area contributed by atoms with Crippen LogP contribution in [0.1, 0.15) is 39.0 Å². The molecule has 1 heterocycles. The van der Waals surface area contributed by atoms with Crippen LogP contribution in [0.4, 0.5) is 4.79 Å². The number of nitrogens with one attached hydrogen (secondary N) is 1. The second-order valence-electron chi connectivity index (χ2n) is 6.51. The van der Waals surface area contributed by atoms with Crippen LogP contribution in [0.5, 0.6) is 0 Å². The van der Waals surface area contributed by atoms with Crippen LogP contribution < -0.4 is 5.32 Å². The van der Waals surface area contributed by atoms with Gasteiger partial charge in [-0.25, -0.2) is 4.79 Å². The topological polar surface area (TPSA) is 50.8 Å². The van der Waals surface area contributed by atoms with Crippen LogP contribution in [0.3, 0.4) is 0 Å². The largest absolute Gasteiger partial charge is 0.381 e. The Morgan fingerprint density at radius 3 is 2.86 bits per heavy atom. The van der Waals surface area contributed by atoms with Crippen molar-refractivity contribution in [2.45, 2.75) is 45.1 Å². The first-order valence-corrected chi connectivity index (χ1v) is 8.35. The Morgan fingerprint density at radius 2 is 2.14 bits per heavy atom. The summed E-state index contributed by atoms with van der Waals surface area (Å²) in [6, 6.07) is -0.0119. The minimum Gasteiger partial charge on any atom is -0.381 e. The molecule has 122 valence electrons. The molecule has 2 aliphatic rings. The number of ether oxygens (including phenoxy) is 2. The molecule has 1 saturated carbocycles. The minimum atomic E-state index is -0.0119. The number of hydrogen-bond donors (Lipinski definition) is 1. The van der Waals surface area contributed by atoms with E-state index in [2.05, 4.69) is 12.2 Å². The second kappa shape index (κ2) is 8.59. The Bertz CT molecular complexity index is 319. The molecule has 0 aromatic rings. The van der Waals surface area contributed by atoms with E-state index in [1.54, 1.807) is 4.90 Å². The molecule has 0 aromatic heterocycles. The number of amides is 2. The fraction of sp³-hybridized carbons (Fsp3) is 0.938. The third-order valence-corrected chi connectivity index (χ3v) is 4.65. The summed E-state index contributed by atoms with van der Waals surface area (Å²) in [5.74, 6) is 1.14. The Hall–Kier alpha value is -0.810. The fourth-order valence-corrected chi connectivity index (χ4v) is 3.23. The van der Waals surface area contributed by atoms with Gasteiger partial charge in [0.2, 0.25) is 0 Å². The van der Waals surface area contributed by atoms with E-state index in [4.69, 9.17) is 9.47 Å². The van der Waals surface area contributed by atoms with Gasteiger partial charge in [0.15, 0.2) is 0 Å². The maximum atomic E-state index is 12.0. The average molecular weight is 298 g/mol. The summed E-state index contributed by atoms with van der Waals surface area (Å²) in [6.07, 6.45) is 6.46. The van der Waals surface area contributed by atoms with E-state index >= 15 is 0 Å². The normalized spacial score (nSPS) is 29.3. The van der Waals surface area contributed by atoms with Crippen molar-refractivity contribution < 1.29 is 14.3 Å². The zero-order chi connectivity index (χ0) is 15.1. The molecule has 2 rings (SSSR count). The number of rotatable bonds is 6. The standard InChI is InChI=1S/C16H30N2O3/c1-13-5-3-4-6-15(13)21-10-8-17-16(19)18(2)11-14-7-9-20-12-14/h13-15H,3-12H2,1-2H3,(H,17,19)/t13-,14+,15-/m1/s1. The molecular weight excluding hydrogens is 268 g/mol. The van der Waals surface area contributed by atoms with Crippen LogP contribution in [0, 0.1) is 11.8 Å². The summed E-state index contributed by atoms with van der Waals surface area (Å²) in [6.45, 7) is 5.84. The summed E-state index contributed by atoms with van der Waals surface area (Å²) in [5, 5.41) is 2.93. The molecule has 1 saturated heterocycles. The third-order valence-electron chi connectivity index (χ3n) is 4.65. The lowest BCUT2D eigenvalue weighted by Crippen LogP contribution is -2.41. The lowest BCUT2D eigenvalue weighted by molar-refractivity contribution is -0.00268. The molecule has 5 heteroatoms. The van der Waals surface area contributed by atoms with Gasteiger partial charge in [-0.1, -0.05) is 19.8 Å². The molecule has 0 spiro atoms. The third kappa shape index (κ3) is 5.47. The molecule has 1 aliphatic carbocycles. The van der Waals surface area contributed by atoms with E-state index < -0.39 is 0 Å². The average Bonchev–Trinajstić information content (AvgIpc) is 2.98. The summed E-state index contributed by atoms with van der Waals surface area (Å²) in [7, 11) is 1.84. The van der Waals surface area contributed by atoms with Crippen molar-refractivity contribution in [3.05, 3.63) is 0 Å². The first kappa shape index (κ1) is 16.6. The molecule has 3 atom stereocenters. The number of nitrogens with zero attached hydrogens (tertiary/aromatic N) is 1. The van der Waals surface area contributed by atoms with E-state index in [0.717, 1.165) is 32.6 Å². The van der Waals surface area contributed by atoms with Gasteiger partial charge in [-0.2, -0.15) is 0 Å². The lowest BCUT2D eigenvalue weighted by atomic mass is 9.88. The Kier molecular flexibility index (Phi) is 6.77. The number of carbonyl (C=O) groups is 1. The first-order chi connectivity index (χ1) is 10.2. The summed E-state index contributed by atoms with van der Waals surface area (Å²) in [4.78, 5) is 13.7. The van der Waals surface area contributed by atoms with Crippen molar-refractivity contribution in [2.24, 2.45) is 11.8 Å². The van der Waals surface area contributed by atoms with Crippen LogP contribution in [-0.4, -0.2) is 57.0 Å². The number of hydrogen-bond acceptors (Lipinski definition) is 3. The van der Waals surface area contributed by atoms with Crippen molar-refractivity contribution in [1.29, 1.82) is 0 Å². The van der Waals surface area contributed by atoms with Crippen LogP contribution in [-0.2, 0) is 9.47 Å². The Labute approximate surface area is 128 Å². The molecule has 2 fully saturated rings. The molecule has 21 heavy (non-hydrogen) atoms. The van der Waals surface area contributed by atoms with Gasteiger partial charge in [-0.15, -0.1) is 0 Å². The summed E-state index contributed by atoms with van der Waals surface area (Å²) >= 11 is 0. The van der Waals surface area contributed by atoms with Crippen LogP contribution in [0.25, 0.3) is 0 Å². The van der Waals surface area contributed by atoms with Gasteiger partial charge in [-0.3, -0.25) is 0 Å². The molecule has 1 aliphatic heterocycles. The smallest absolute Gasteiger partial charge is 0.317 e. The highest BCUT2D eigenvalue weighted by atomic mass is 16.5. The molecule has 0 radical (unpaired) electrons. The zero-order valence-corrected chi connectivity index (χ0v) is 13.5. The van der Waals surface area contributed by atoms with Crippen molar-refractivity contribution in [3.8, 4) is 0 Å². The van der Waals surface area contributed by atoms with Gasteiger partial charge in [0, 0.05) is 32.7 Å². The molecule has 5 nitrogen and oxygen atoms in total. The van der Waals surface area contributed by atoms with Crippen molar-refractivity contribution in [3.63, 3.8) is 0 Å². The lowest BCUT2D eigenvalue weighted by Gasteiger charge is -2.29.